The highest BCUT2D eigenvalue weighted by Gasteiger charge is 2.24. The van der Waals surface area contributed by atoms with Crippen molar-refractivity contribution in [2.24, 2.45) is 5.73 Å². The van der Waals surface area contributed by atoms with Crippen molar-refractivity contribution in [2.45, 2.75) is 13.1 Å². The molecule has 0 radical (unpaired) electrons. The van der Waals surface area contributed by atoms with E-state index < -0.39 is 0 Å². The molecule has 0 atom stereocenters. The average molecular weight is 442 g/mol. The highest BCUT2D eigenvalue weighted by atomic mass is 35.5. The number of thiazole rings is 1. The van der Waals surface area contributed by atoms with E-state index in [1.807, 2.05) is 0 Å². The Labute approximate surface area is 173 Å². The lowest BCUT2D eigenvalue weighted by Crippen LogP contribution is -2.48. The van der Waals surface area contributed by atoms with Crippen LogP contribution >= 0.6 is 47.8 Å². The van der Waals surface area contributed by atoms with E-state index in [9.17, 15) is 9.18 Å². The van der Waals surface area contributed by atoms with Crippen LogP contribution in [0.2, 0.25) is 5.02 Å². The molecule has 0 aliphatic carbocycles. The SMILES string of the molecule is Cl.Cl.NCc1nc(C(=O)N2CCN(Cc3ccc(F)cc3Cl)CC2)cs1. The Morgan fingerprint density at radius 3 is 2.54 bits per heavy atom. The lowest BCUT2D eigenvalue weighted by atomic mass is 10.2. The molecule has 1 amide bonds. The largest absolute Gasteiger partial charge is 0.335 e. The summed E-state index contributed by atoms with van der Waals surface area (Å²) in [5.74, 6) is -0.385. The fraction of sp³-hybridized carbons (Fsp3) is 0.375. The first-order valence-electron chi connectivity index (χ1n) is 7.67. The maximum absolute atomic E-state index is 13.1. The first kappa shape index (κ1) is 23.1. The molecule has 0 unspecified atom stereocenters. The fourth-order valence-corrected chi connectivity index (χ4v) is 3.54. The smallest absolute Gasteiger partial charge is 0.273 e. The van der Waals surface area contributed by atoms with Gasteiger partial charge in [-0.2, -0.15) is 0 Å². The number of halogens is 4. The van der Waals surface area contributed by atoms with Crippen molar-refractivity contribution >= 4 is 53.7 Å². The van der Waals surface area contributed by atoms with Gasteiger partial charge in [-0.1, -0.05) is 17.7 Å². The number of aromatic nitrogens is 1. The molecule has 2 aromatic rings. The molecule has 10 heteroatoms. The number of nitrogens with two attached hydrogens (primary N) is 1. The predicted molar refractivity (Wildman–Crippen MR) is 107 cm³/mol. The first-order valence-corrected chi connectivity index (χ1v) is 8.92. The monoisotopic (exact) mass is 440 g/mol. The highest BCUT2D eigenvalue weighted by molar-refractivity contribution is 7.09. The van der Waals surface area contributed by atoms with Gasteiger partial charge in [0.1, 0.15) is 16.5 Å². The van der Waals surface area contributed by atoms with Crippen LogP contribution in [0.5, 0.6) is 0 Å². The molecular formula is C16H20Cl3FN4OS. The molecule has 144 valence electrons. The van der Waals surface area contributed by atoms with Gasteiger partial charge in [-0.25, -0.2) is 9.37 Å². The van der Waals surface area contributed by atoms with E-state index in [1.165, 1.54) is 23.5 Å². The summed E-state index contributed by atoms with van der Waals surface area (Å²) in [7, 11) is 0. The lowest BCUT2D eigenvalue weighted by Gasteiger charge is -2.34. The van der Waals surface area contributed by atoms with Crippen LogP contribution in [0.1, 0.15) is 21.1 Å². The minimum Gasteiger partial charge on any atom is -0.335 e. The number of benzene rings is 1. The van der Waals surface area contributed by atoms with Crippen LogP contribution in [0.4, 0.5) is 4.39 Å². The molecule has 2 N–H and O–H groups in total. The topological polar surface area (TPSA) is 62.5 Å². The van der Waals surface area contributed by atoms with Gasteiger partial charge < -0.3 is 10.6 Å². The average Bonchev–Trinajstić information content (AvgIpc) is 3.06. The summed E-state index contributed by atoms with van der Waals surface area (Å²) in [6, 6.07) is 4.45. The Bertz CT molecular complexity index is 738. The summed E-state index contributed by atoms with van der Waals surface area (Å²) in [4.78, 5) is 20.7. The van der Waals surface area contributed by atoms with Crippen LogP contribution in [-0.4, -0.2) is 46.9 Å². The Morgan fingerprint density at radius 1 is 1.27 bits per heavy atom. The molecule has 2 heterocycles. The van der Waals surface area contributed by atoms with Crippen molar-refractivity contribution in [3.63, 3.8) is 0 Å². The van der Waals surface area contributed by atoms with Gasteiger partial charge in [0, 0.05) is 49.7 Å². The molecule has 26 heavy (non-hydrogen) atoms. The van der Waals surface area contributed by atoms with Crippen molar-refractivity contribution in [2.75, 3.05) is 26.2 Å². The molecule has 0 bridgehead atoms. The van der Waals surface area contributed by atoms with Crippen molar-refractivity contribution in [1.82, 2.24) is 14.8 Å². The zero-order chi connectivity index (χ0) is 17.1. The number of hydrogen-bond donors (Lipinski definition) is 1. The van der Waals surface area contributed by atoms with Gasteiger partial charge in [0.05, 0.1) is 0 Å². The van der Waals surface area contributed by atoms with Crippen LogP contribution in [0.15, 0.2) is 23.6 Å². The molecule has 1 saturated heterocycles. The number of rotatable bonds is 4. The van der Waals surface area contributed by atoms with E-state index >= 15 is 0 Å². The van der Waals surface area contributed by atoms with Gasteiger partial charge in [0.2, 0.25) is 0 Å². The maximum Gasteiger partial charge on any atom is 0.273 e. The number of piperazine rings is 1. The van der Waals surface area contributed by atoms with Gasteiger partial charge in [-0.15, -0.1) is 36.2 Å². The molecule has 1 aromatic heterocycles. The minimum absolute atomic E-state index is 0. The molecule has 1 aromatic carbocycles. The Balaban J connectivity index is 0.00000169. The zero-order valence-corrected chi connectivity index (χ0v) is 17.1. The summed E-state index contributed by atoms with van der Waals surface area (Å²) < 4.78 is 13.1. The van der Waals surface area contributed by atoms with Gasteiger partial charge in [-0.3, -0.25) is 9.69 Å². The second kappa shape index (κ2) is 10.4. The quantitative estimate of drug-likeness (QED) is 0.791. The summed E-state index contributed by atoms with van der Waals surface area (Å²) in [5.41, 5.74) is 6.90. The van der Waals surface area contributed by atoms with Crippen LogP contribution < -0.4 is 5.73 Å². The van der Waals surface area contributed by atoms with Gasteiger partial charge in [0.15, 0.2) is 0 Å². The normalized spacial score (nSPS) is 14.5. The van der Waals surface area contributed by atoms with E-state index in [-0.39, 0.29) is 36.5 Å². The van der Waals surface area contributed by atoms with E-state index in [4.69, 9.17) is 17.3 Å². The Kier molecular flexibility index (Phi) is 9.23. The van der Waals surface area contributed by atoms with E-state index in [2.05, 4.69) is 9.88 Å². The van der Waals surface area contributed by atoms with Gasteiger partial charge >= 0.3 is 0 Å². The van der Waals surface area contributed by atoms with E-state index in [0.29, 0.717) is 36.9 Å². The molecule has 1 fully saturated rings. The highest BCUT2D eigenvalue weighted by Crippen LogP contribution is 2.20. The number of amides is 1. The molecular weight excluding hydrogens is 422 g/mol. The van der Waals surface area contributed by atoms with Crippen molar-refractivity contribution in [3.8, 4) is 0 Å². The number of hydrogen-bond acceptors (Lipinski definition) is 5. The molecule has 0 saturated carbocycles. The van der Waals surface area contributed by atoms with E-state index in [0.717, 1.165) is 23.7 Å². The molecule has 3 rings (SSSR count). The molecule has 0 spiro atoms. The third-order valence-electron chi connectivity index (χ3n) is 4.01. The summed E-state index contributed by atoms with van der Waals surface area (Å²) >= 11 is 7.48. The van der Waals surface area contributed by atoms with Crippen LogP contribution in [-0.2, 0) is 13.1 Å². The second-order valence-corrected chi connectivity index (χ2v) is 6.98. The lowest BCUT2D eigenvalue weighted by molar-refractivity contribution is 0.0623. The van der Waals surface area contributed by atoms with E-state index in [1.54, 1.807) is 16.3 Å². The second-order valence-electron chi connectivity index (χ2n) is 5.63. The summed E-state index contributed by atoms with van der Waals surface area (Å²) in [5, 5.41) is 2.96. The third-order valence-corrected chi connectivity index (χ3v) is 5.24. The Morgan fingerprint density at radius 2 is 1.96 bits per heavy atom. The molecule has 1 aliphatic rings. The van der Waals surface area contributed by atoms with Crippen molar-refractivity contribution in [1.29, 1.82) is 0 Å². The summed E-state index contributed by atoms with van der Waals surface area (Å²) in [6.07, 6.45) is 0. The molecule has 5 nitrogen and oxygen atoms in total. The standard InChI is InChI=1S/C16H18ClFN4OS.2ClH/c17-13-7-12(18)2-1-11(13)9-21-3-5-22(6-4-21)16(23)14-10-24-15(8-19)20-14;;/h1-2,7,10H,3-6,8-9,19H2;2*1H. The van der Waals surface area contributed by atoms with Crippen LogP contribution in [0.3, 0.4) is 0 Å². The Hall–Kier alpha value is -0.960. The number of carbonyl (C=O) groups is 1. The summed E-state index contributed by atoms with van der Waals surface area (Å²) in [6.45, 7) is 3.75. The van der Waals surface area contributed by atoms with Gasteiger partial charge in [0.25, 0.3) is 5.91 Å². The minimum atomic E-state index is -0.334. The molecule has 1 aliphatic heterocycles. The zero-order valence-electron chi connectivity index (χ0n) is 13.9. The maximum atomic E-state index is 13.1. The fourth-order valence-electron chi connectivity index (χ4n) is 2.66. The van der Waals surface area contributed by atoms with Crippen molar-refractivity contribution in [3.05, 3.63) is 50.7 Å². The third kappa shape index (κ3) is 5.52. The van der Waals surface area contributed by atoms with Gasteiger partial charge in [-0.05, 0) is 17.7 Å². The predicted octanol–water partition coefficient (Wildman–Crippen LogP) is 3.20. The number of carbonyl (C=O) groups excluding carboxylic acids is 1. The van der Waals surface area contributed by atoms with Crippen LogP contribution in [0, 0.1) is 5.82 Å². The first-order chi connectivity index (χ1) is 11.6. The number of nitrogens with zero attached hydrogens (tertiary/aromatic N) is 3. The van der Waals surface area contributed by atoms with Crippen molar-refractivity contribution < 1.29 is 9.18 Å². The van der Waals surface area contributed by atoms with Crippen LogP contribution in [0.25, 0.3) is 0 Å².